The van der Waals surface area contributed by atoms with E-state index in [9.17, 15) is 19.3 Å². The van der Waals surface area contributed by atoms with E-state index in [0.29, 0.717) is 16.5 Å². The molecule has 0 aliphatic heterocycles. The van der Waals surface area contributed by atoms with Crippen molar-refractivity contribution < 1.29 is 23.6 Å². The van der Waals surface area contributed by atoms with E-state index in [1.165, 1.54) is 20.1 Å². The summed E-state index contributed by atoms with van der Waals surface area (Å²) in [6.07, 6.45) is -1.14. The Morgan fingerprint density at radius 1 is 1.28 bits per heavy atom. The molecule has 0 aromatic heterocycles. The Labute approximate surface area is 147 Å². The van der Waals surface area contributed by atoms with Crippen molar-refractivity contribution in [2.24, 2.45) is 0 Å². The number of nitro benzene ring substituents is 1. The molecule has 132 valence electrons. The summed E-state index contributed by atoms with van der Waals surface area (Å²) in [7, 11) is 1.43. The molecule has 0 heterocycles. The summed E-state index contributed by atoms with van der Waals surface area (Å²) < 4.78 is 23.7. The van der Waals surface area contributed by atoms with Gasteiger partial charge in [0.1, 0.15) is 11.6 Å². The fourth-order valence-electron chi connectivity index (χ4n) is 1.99. The monoisotopic (exact) mass is 368 g/mol. The second kappa shape index (κ2) is 7.80. The van der Waals surface area contributed by atoms with Gasteiger partial charge in [-0.05, 0) is 31.2 Å². The first-order chi connectivity index (χ1) is 11.8. The van der Waals surface area contributed by atoms with Gasteiger partial charge in [-0.25, -0.2) is 4.39 Å². The Morgan fingerprint density at radius 3 is 2.64 bits per heavy atom. The van der Waals surface area contributed by atoms with Gasteiger partial charge in [-0.1, -0.05) is 11.6 Å². The van der Waals surface area contributed by atoms with Gasteiger partial charge in [0.05, 0.1) is 17.7 Å². The Balaban J connectivity index is 2.18. The number of hydrogen-bond donors (Lipinski definition) is 1. The van der Waals surface area contributed by atoms with Crippen molar-refractivity contribution in [1.29, 1.82) is 0 Å². The normalized spacial score (nSPS) is 11.5. The highest BCUT2D eigenvalue weighted by Crippen LogP contribution is 2.30. The standard InChI is InChI=1S/C16H14ClFN2O5/c1-9(25-15-8-11(18)4-5-13(15)20(22)23)16(21)19-12-7-10(17)3-6-14(12)24-2/h3-9H,1-2H3,(H,19,21). The molecule has 0 bridgehead atoms. The number of halogens is 2. The predicted molar refractivity (Wildman–Crippen MR) is 89.8 cm³/mol. The van der Waals surface area contributed by atoms with Crippen molar-refractivity contribution in [3.8, 4) is 11.5 Å². The summed E-state index contributed by atoms with van der Waals surface area (Å²) in [6, 6.07) is 7.40. The molecule has 1 N–H and O–H groups in total. The molecule has 1 amide bonds. The van der Waals surface area contributed by atoms with Crippen LogP contribution in [0.25, 0.3) is 0 Å². The molecule has 0 aliphatic carbocycles. The van der Waals surface area contributed by atoms with Crippen molar-refractivity contribution in [2.45, 2.75) is 13.0 Å². The zero-order valence-corrected chi connectivity index (χ0v) is 14.0. The van der Waals surface area contributed by atoms with Gasteiger partial charge in [-0.15, -0.1) is 0 Å². The molecule has 0 aliphatic rings. The molecule has 7 nitrogen and oxygen atoms in total. The number of carbonyl (C=O) groups excluding carboxylic acids is 1. The molecule has 0 saturated heterocycles. The quantitative estimate of drug-likeness (QED) is 0.618. The topological polar surface area (TPSA) is 90.7 Å². The highest BCUT2D eigenvalue weighted by atomic mass is 35.5. The average molecular weight is 369 g/mol. The number of hydrogen-bond acceptors (Lipinski definition) is 5. The van der Waals surface area contributed by atoms with Crippen molar-refractivity contribution in [2.75, 3.05) is 12.4 Å². The number of rotatable bonds is 6. The largest absolute Gasteiger partial charge is 0.495 e. The molecule has 2 aromatic rings. The van der Waals surface area contributed by atoms with E-state index in [2.05, 4.69) is 5.32 Å². The van der Waals surface area contributed by atoms with Gasteiger partial charge in [0, 0.05) is 17.2 Å². The van der Waals surface area contributed by atoms with Crippen LogP contribution in [0.15, 0.2) is 36.4 Å². The van der Waals surface area contributed by atoms with Crippen LogP contribution in [0.2, 0.25) is 5.02 Å². The Bertz CT molecular complexity index is 815. The molecule has 1 atom stereocenters. The van der Waals surface area contributed by atoms with E-state index in [1.807, 2.05) is 0 Å². The number of nitro groups is 1. The summed E-state index contributed by atoms with van der Waals surface area (Å²) in [4.78, 5) is 22.5. The van der Waals surface area contributed by atoms with Crippen LogP contribution in [0.3, 0.4) is 0 Å². The molecule has 0 spiro atoms. The average Bonchev–Trinajstić information content (AvgIpc) is 2.54. The number of methoxy groups -OCH3 is 1. The van der Waals surface area contributed by atoms with Crippen molar-refractivity contribution in [3.05, 3.63) is 57.4 Å². The highest BCUT2D eigenvalue weighted by Gasteiger charge is 2.22. The molecule has 2 aromatic carbocycles. The number of benzene rings is 2. The maximum Gasteiger partial charge on any atom is 0.311 e. The third-order valence-electron chi connectivity index (χ3n) is 3.21. The van der Waals surface area contributed by atoms with Crippen molar-refractivity contribution in [1.82, 2.24) is 0 Å². The number of carbonyl (C=O) groups is 1. The van der Waals surface area contributed by atoms with Crippen molar-refractivity contribution >= 4 is 28.9 Å². The van der Waals surface area contributed by atoms with Gasteiger partial charge in [0.2, 0.25) is 5.75 Å². The van der Waals surface area contributed by atoms with Crippen LogP contribution in [-0.2, 0) is 4.79 Å². The van der Waals surface area contributed by atoms with E-state index < -0.39 is 28.4 Å². The zero-order valence-electron chi connectivity index (χ0n) is 13.3. The number of nitrogens with one attached hydrogen (secondary N) is 1. The molecule has 0 radical (unpaired) electrons. The first-order valence-corrected chi connectivity index (χ1v) is 7.44. The second-order valence-electron chi connectivity index (χ2n) is 4.96. The number of ether oxygens (including phenoxy) is 2. The highest BCUT2D eigenvalue weighted by molar-refractivity contribution is 6.31. The number of amides is 1. The first-order valence-electron chi connectivity index (χ1n) is 7.07. The van der Waals surface area contributed by atoms with Gasteiger partial charge in [-0.2, -0.15) is 0 Å². The summed E-state index contributed by atoms with van der Waals surface area (Å²) in [5.41, 5.74) is -0.134. The molecule has 9 heteroatoms. The van der Waals surface area contributed by atoms with Crippen LogP contribution >= 0.6 is 11.6 Å². The molecule has 25 heavy (non-hydrogen) atoms. The van der Waals surface area contributed by atoms with Crippen LogP contribution in [0, 0.1) is 15.9 Å². The van der Waals surface area contributed by atoms with Gasteiger partial charge >= 0.3 is 5.69 Å². The summed E-state index contributed by atoms with van der Waals surface area (Å²) in [6.45, 7) is 1.38. The Hall–Kier alpha value is -2.87. The SMILES string of the molecule is COc1ccc(Cl)cc1NC(=O)C(C)Oc1cc(F)ccc1[N+](=O)[O-]. The van der Waals surface area contributed by atoms with Gasteiger partial charge in [0.15, 0.2) is 6.10 Å². The fourth-order valence-corrected chi connectivity index (χ4v) is 2.16. The van der Waals surface area contributed by atoms with Crippen LogP contribution in [0.4, 0.5) is 15.8 Å². The maximum atomic E-state index is 13.3. The minimum atomic E-state index is -1.14. The van der Waals surface area contributed by atoms with E-state index in [-0.39, 0.29) is 5.75 Å². The van der Waals surface area contributed by atoms with Crippen LogP contribution in [0.1, 0.15) is 6.92 Å². The third kappa shape index (κ3) is 4.57. The minimum Gasteiger partial charge on any atom is -0.495 e. The lowest BCUT2D eigenvalue weighted by Crippen LogP contribution is -2.30. The van der Waals surface area contributed by atoms with Crippen molar-refractivity contribution in [3.63, 3.8) is 0 Å². The maximum absolute atomic E-state index is 13.3. The lowest BCUT2D eigenvalue weighted by atomic mass is 10.2. The minimum absolute atomic E-state index is 0.309. The van der Waals surface area contributed by atoms with Gasteiger partial charge in [-0.3, -0.25) is 14.9 Å². The smallest absolute Gasteiger partial charge is 0.311 e. The van der Waals surface area contributed by atoms with E-state index in [4.69, 9.17) is 21.1 Å². The van der Waals surface area contributed by atoms with E-state index in [1.54, 1.807) is 12.1 Å². The predicted octanol–water partition coefficient (Wildman–Crippen LogP) is 3.80. The summed E-state index contributed by atoms with van der Waals surface area (Å²) >= 11 is 5.88. The Kier molecular flexibility index (Phi) is 5.76. The molecule has 0 saturated carbocycles. The second-order valence-corrected chi connectivity index (χ2v) is 5.40. The molecule has 1 unspecified atom stereocenters. The summed E-state index contributed by atoms with van der Waals surface area (Å²) in [5.74, 6) is -1.30. The van der Waals surface area contributed by atoms with E-state index >= 15 is 0 Å². The van der Waals surface area contributed by atoms with Crippen LogP contribution in [0.5, 0.6) is 11.5 Å². The Morgan fingerprint density at radius 2 is 2.00 bits per heavy atom. The summed E-state index contributed by atoms with van der Waals surface area (Å²) in [5, 5.41) is 13.9. The van der Waals surface area contributed by atoms with Gasteiger partial charge in [0.25, 0.3) is 5.91 Å². The molecule has 2 rings (SSSR count). The number of anilines is 1. The molecular formula is C16H14ClFN2O5. The molecular weight excluding hydrogens is 355 g/mol. The molecule has 0 fully saturated rings. The zero-order chi connectivity index (χ0) is 18.6. The van der Waals surface area contributed by atoms with Crippen LogP contribution in [-0.4, -0.2) is 24.0 Å². The van der Waals surface area contributed by atoms with E-state index in [0.717, 1.165) is 18.2 Å². The van der Waals surface area contributed by atoms with Gasteiger partial charge < -0.3 is 14.8 Å². The number of nitrogens with zero attached hydrogens (tertiary/aromatic N) is 1. The van der Waals surface area contributed by atoms with Crippen LogP contribution < -0.4 is 14.8 Å². The third-order valence-corrected chi connectivity index (χ3v) is 3.45. The first kappa shape index (κ1) is 18.5. The lowest BCUT2D eigenvalue weighted by molar-refractivity contribution is -0.386. The fraction of sp³-hybridized carbons (Fsp3) is 0.188. The lowest BCUT2D eigenvalue weighted by Gasteiger charge is -2.16.